The third kappa shape index (κ3) is 4.06. The van der Waals surface area contributed by atoms with Gasteiger partial charge in [-0.15, -0.1) is 0 Å². The molecule has 0 atom stereocenters. The molecular weight excluding hydrogens is 284 g/mol. The van der Waals surface area contributed by atoms with Crippen molar-refractivity contribution >= 4 is 15.7 Å². The van der Waals surface area contributed by atoms with Gasteiger partial charge in [0.2, 0.25) is 10.0 Å². The first-order valence-electron chi connectivity index (χ1n) is 6.85. The lowest BCUT2D eigenvalue weighted by Crippen LogP contribution is -2.13. The van der Waals surface area contributed by atoms with Gasteiger partial charge in [-0.3, -0.25) is 0 Å². The third-order valence-electron chi connectivity index (χ3n) is 3.45. The molecule has 4 nitrogen and oxygen atoms in total. The number of primary sulfonamides is 1. The summed E-state index contributed by atoms with van der Waals surface area (Å²) in [5.74, 6) is 0. The van der Waals surface area contributed by atoms with Gasteiger partial charge in [0.15, 0.2) is 0 Å². The van der Waals surface area contributed by atoms with Gasteiger partial charge < -0.3 is 5.32 Å². The zero-order valence-electron chi connectivity index (χ0n) is 12.3. The van der Waals surface area contributed by atoms with E-state index in [-0.39, 0.29) is 4.90 Å². The summed E-state index contributed by atoms with van der Waals surface area (Å²) in [6.45, 7) is 4.68. The maximum Gasteiger partial charge on any atom is 0.238 e. The zero-order valence-corrected chi connectivity index (χ0v) is 13.1. The Morgan fingerprint density at radius 2 is 1.67 bits per heavy atom. The smallest absolute Gasteiger partial charge is 0.238 e. The van der Waals surface area contributed by atoms with Crippen molar-refractivity contribution in [2.24, 2.45) is 5.14 Å². The second-order valence-corrected chi connectivity index (χ2v) is 6.61. The lowest BCUT2D eigenvalue weighted by atomic mass is 10.1. The van der Waals surface area contributed by atoms with Crippen molar-refractivity contribution in [3.05, 3.63) is 59.2 Å². The number of benzene rings is 2. The van der Waals surface area contributed by atoms with Gasteiger partial charge in [0.1, 0.15) is 0 Å². The highest BCUT2D eigenvalue weighted by Gasteiger charge is 2.09. The molecule has 0 aliphatic heterocycles. The molecule has 0 unspecified atom stereocenters. The largest absolute Gasteiger partial charge is 0.381 e. The summed E-state index contributed by atoms with van der Waals surface area (Å²) in [4.78, 5) is 0.122. The second kappa shape index (κ2) is 6.28. The Morgan fingerprint density at radius 3 is 2.24 bits per heavy atom. The summed E-state index contributed by atoms with van der Waals surface area (Å²) in [7, 11) is -3.67. The first kappa shape index (κ1) is 15.5. The number of rotatable bonds is 5. The van der Waals surface area contributed by atoms with Crippen LogP contribution in [-0.4, -0.2) is 8.42 Å². The fourth-order valence-electron chi connectivity index (χ4n) is 2.06. The van der Waals surface area contributed by atoms with Gasteiger partial charge in [0.25, 0.3) is 0 Å². The fraction of sp³-hybridized carbons (Fsp3) is 0.250. The highest BCUT2D eigenvalue weighted by molar-refractivity contribution is 7.89. The van der Waals surface area contributed by atoms with E-state index in [0.29, 0.717) is 6.54 Å². The predicted octanol–water partition coefficient (Wildman–Crippen LogP) is 2.82. The van der Waals surface area contributed by atoms with E-state index in [1.165, 1.54) is 11.6 Å². The number of anilines is 1. The average molecular weight is 304 g/mol. The van der Waals surface area contributed by atoms with Crippen LogP contribution in [0, 0.1) is 6.92 Å². The Morgan fingerprint density at radius 1 is 1.05 bits per heavy atom. The van der Waals surface area contributed by atoms with Crippen LogP contribution in [-0.2, 0) is 23.0 Å². The molecular formula is C16H20N2O2S. The molecule has 0 bridgehead atoms. The van der Waals surface area contributed by atoms with Crippen LogP contribution < -0.4 is 10.5 Å². The molecule has 112 valence electrons. The Bertz CT molecular complexity index is 722. The third-order valence-corrected chi connectivity index (χ3v) is 4.36. The topological polar surface area (TPSA) is 72.2 Å². The van der Waals surface area contributed by atoms with E-state index in [1.54, 1.807) is 12.1 Å². The summed E-state index contributed by atoms with van der Waals surface area (Å²) in [6, 6.07) is 13.2. The SMILES string of the molecule is CCc1ccc(CNc2cc(S(N)(=O)=O)ccc2C)cc1. The van der Waals surface area contributed by atoms with E-state index in [1.807, 2.05) is 6.92 Å². The first-order chi connectivity index (χ1) is 9.90. The zero-order chi connectivity index (χ0) is 15.5. The Labute approximate surface area is 126 Å². The van der Waals surface area contributed by atoms with Crippen molar-refractivity contribution in [2.75, 3.05) is 5.32 Å². The molecule has 0 amide bonds. The van der Waals surface area contributed by atoms with Crippen molar-refractivity contribution in [1.82, 2.24) is 0 Å². The molecule has 0 aliphatic carbocycles. The quantitative estimate of drug-likeness (QED) is 0.892. The summed E-state index contributed by atoms with van der Waals surface area (Å²) in [5, 5.41) is 8.42. The molecule has 2 rings (SSSR count). The Balaban J connectivity index is 2.15. The summed E-state index contributed by atoms with van der Waals surface area (Å²) in [5.41, 5.74) is 4.20. The molecule has 0 spiro atoms. The first-order valence-corrected chi connectivity index (χ1v) is 8.40. The number of aryl methyl sites for hydroxylation is 2. The summed E-state index contributed by atoms with van der Waals surface area (Å²) >= 11 is 0. The molecule has 0 saturated carbocycles. The fourth-order valence-corrected chi connectivity index (χ4v) is 2.60. The normalized spacial score (nSPS) is 11.4. The van der Waals surface area contributed by atoms with Gasteiger partial charge in [-0.1, -0.05) is 37.3 Å². The summed E-state index contributed by atoms with van der Waals surface area (Å²) < 4.78 is 22.8. The molecule has 2 aromatic rings. The minimum absolute atomic E-state index is 0.122. The molecule has 5 heteroatoms. The predicted molar refractivity (Wildman–Crippen MR) is 85.7 cm³/mol. The van der Waals surface area contributed by atoms with Crippen LogP contribution in [0.4, 0.5) is 5.69 Å². The van der Waals surface area contributed by atoms with Gasteiger partial charge in [0, 0.05) is 12.2 Å². The molecule has 0 saturated heterocycles. The Hall–Kier alpha value is -1.85. The molecule has 0 heterocycles. The lowest BCUT2D eigenvalue weighted by molar-refractivity contribution is 0.598. The molecule has 0 aliphatic rings. The molecule has 0 radical (unpaired) electrons. The standard InChI is InChI=1S/C16H20N2O2S/c1-3-13-5-7-14(8-6-13)11-18-16-10-15(21(17,19)20)9-4-12(16)2/h4-10,18H,3,11H2,1-2H3,(H2,17,19,20). The summed E-state index contributed by atoms with van der Waals surface area (Å²) in [6.07, 6.45) is 1.02. The van der Waals surface area contributed by atoms with Crippen molar-refractivity contribution in [1.29, 1.82) is 0 Å². The van der Waals surface area contributed by atoms with Gasteiger partial charge in [-0.05, 0) is 42.2 Å². The minimum Gasteiger partial charge on any atom is -0.381 e. The van der Waals surface area contributed by atoms with Crippen LogP contribution in [0.2, 0.25) is 0 Å². The average Bonchev–Trinajstić information content (AvgIpc) is 2.45. The van der Waals surface area contributed by atoms with E-state index in [4.69, 9.17) is 5.14 Å². The monoisotopic (exact) mass is 304 g/mol. The maximum absolute atomic E-state index is 11.4. The van der Waals surface area contributed by atoms with Crippen LogP contribution in [0.3, 0.4) is 0 Å². The molecule has 0 fully saturated rings. The van der Waals surface area contributed by atoms with E-state index >= 15 is 0 Å². The lowest BCUT2D eigenvalue weighted by Gasteiger charge is -2.11. The van der Waals surface area contributed by atoms with Crippen molar-refractivity contribution in [2.45, 2.75) is 31.7 Å². The number of hydrogen-bond acceptors (Lipinski definition) is 3. The number of hydrogen-bond donors (Lipinski definition) is 2. The number of nitrogens with two attached hydrogens (primary N) is 1. The molecule has 2 aromatic carbocycles. The van der Waals surface area contributed by atoms with Crippen LogP contribution in [0.25, 0.3) is 0 Å². The molecule has 3 N–H and O–H groups in total. The van der Waals surface area contributed by atoms with Gasteiger partial charge in [-0.2, -0.15) is 0 Å². The van der Waals surface area contributed by atoms with Crippen LogP contribution >= 0.6 is 0 Å². The maximum atomic E-state index is 11.4. The van der Waals surface area contributed by atoms with Crippen LogP contribution in [0.15, 0.2) is 47.4 Å². The second-order valence-electron chi connectivity index (χ2n) is 5.05. The van der Waals surface area contributed by atoms with Gasteiger partial charge in [-0.25, -0.2) is 13.6 Å². The molecule has 0 aromatic heterocycles. The Kier molecular flexibility index (Phi) is 4.65. The van der Waals surface area contributed by atoms with E-state index in [0.717, 1.165) is 23.2 Å². The van der Waals surface area contributed by atoms with E-state index < -0.39 is 10.0 Å². The van der Waals surface area contributed by atoms with E-state index in [9.17, 15) is 8.42 Å². The number of nitrogens with one attached hydrogen (secondary N) is 1. The van der Waals surface area contributed by atoms with E-state index in [2.05, 4.69) is 36.5 Å². The highest BCUT2D eigenvalue weighted by atomic mass is 32.2. The van der Waals surface area contributed by atoms with Crippen molar-refractivity contribution in [3.63, 3.8) is 0 Å². The van der Waals surface area contributed by atoms with Crippen LogP contribution in [0.1, 0.15) is 23.6 Å². The van der Waals surface area contributed by atoms with Crippen molar-refractivity contribution < 1.29 is 8.42 Å². The highest BCUT2D eigenvalue weighted by Crippen LogP contribution is 2.20. The van der Waals surface area contributed by atoms with Crippen molar-refractivity contribution in [3.8, 4) is 0 Å². The van der Waals surface area contributed by atoms with Crippen LogP contribution in [0.5, 0.6) is 0 Å². The molecule has 21 heavy (non-hydrogen) atoms. The van der Waals surface area contributed by atoms with Gasteiger partial charge >= 0.3 is 0 Å². The minimum atomic E-state index is -3.67. The number of sulfonamides is 1. The van der Waals surface area contributed by atoms with Gasteiger partial charge in [0.05, 0.1) is 4.90 Å².